The van der Waals surface area contributed by atoms with E-state index >= 15 is 0 Å². The summed E-state index contributed by atoms with van der Waals surface area (Å²) in [6.07, 6.45) is 0. The summed E-state index contributed by atoms with van der Waals surface area (Å²) in [5.41, 5.74) is 0.258. The largest absolute Gasteiger partial charge is 0.478 e. The van der Waals surface area contributed by atoms with Gasteiger partial charge in [0.2, 0.25) is 0 Å². The zero-order chi connectivity index (χ0) is 12.7. The van der Waals surface area contributed by atoms with Crippen LogP contribution in [-0.2, 0) is 7.05 Å². The van der Waals surface area contributed by atoms with Crippen LogP contribution in [0.15, 0.2) is 18.2 Å². The van der Waals surface area contributed by atoms with Crippen LogP contribution in [0.25, 0.3) is 10.9 Å². The average molecular weight is 255 g/mol. The van der Waals surface area contributed by atoms with Crippen molar-refractivity contribution in [1.82, 2.24) is 4.57 Å². The third-order valence-corrected chi connectivity index (χ3v) is 2.98. The van der Waals surface area contributed by atoms with Crippen LogP contribution in [0.2, 0.25) is 5.15 Å². The molecule has 1 aromatic carbocycles. The summed E-state index contributed by atoms with van der Waals surface area (Å²) in [6.45, 7) is 0. The Morgan fingerprint density at radius 1 is 1.53 bits per heavy atom. The average Bonchev–Trinajstić information content (AvgIpc) is 2.51. The number of aromatic carboxylic acids is 1. The summed E-state index contributed by atoms with van der Waals surface area (Å²) < 4.78 is 1.48. The van der Waals surface area contributed by atoms with E-state index in [9.17, 15) is 14.9 Å². The highest BCUT2D eigenvalue weighted by Crippen LogP contribution is 2.31. The van der Waals surface area contributed by atoms with Crippen molar-refractivity contribution in [3.05, 3.63) is 39.0 Å². The molecule has 0 aliphatic carbocycles. The van der Waals surface area contributed by atoms with Gasteiger partial charge >= 0.3 is 5.97 Å². The van der Waals surface area contributed by atoms with Gasteiger partial charge in [0.05, 0.1) is 10.4 Å². The number of non-ortho nitro benzene ring substituents is 1. The number of nitrogens with zero attached hydrogens (tertiary/aromatic N) is 2. The molecule has 1 aromatic heterocycles. The zero-order valence-corrected chi connectivity index (χ0v) is 9.43. The first kappa shape index (κ1) is 11.4. The second kappa shape index (κ2) is 3.74. The number of carbonyl (C=O) groups is 1. The van der Waals surface area contributed by atoms with Gasteiger partial charge in [-0.15, -0.1) is 0 Å². The number of nitro groups is 1. The van der Waals surface area contributed by atoms with Gasteiger partial charge in [0, 0.05) is 24.6 Å². The first-order valence-electron chi connectivity index (χ1n) is 4.59. The number of aromatic nitrogens is 1. The molecule has 2 rings (SSSR count). The lowest BCUT2D eigenvalue weighted by Gasteiger charge is -1.96. The lowest BCUT2D eigenvalue weighted by molar-refractivity contribution is -0.384. The van der Waals surface area contributed by atoms with Crippen LogP contribution in [-0.4, -0.2) is 20.6 Å². The van der Waals surface area contributed by atoms with Gasteiger partial charge < -0.3 is 9.67 Å². The molecule has 88 valence electrons. The summed E-state index contributed by atoms with van der Waals surface area (Å²) in [4.78, 5) is 21.1. The maximum absolute atomic E-state index is 11.1. The van der Waals surface area contributed by atoms with E-state index in [0.29, 0.717) is 5.52 Å². The molecule has 0 fully saturated rings. The van der Waals surface area contributed by atoms with Crippen LogP contribution >= 0.6 is 11.6 Å². The van der Waals surface area contributed by atoms with Crippen molar-refractivity contribution in [3.63, 3.8) is 0 Å². The van der Waals surface area contributed by atoms with Gasteiger partial charge in [0.1, 0.15) is 10.7 Å². The minimum Gasteiger partial charge on any atom is -0.478 e. The standard InChI is InChI=1S/C10H7ClN2O4/c1-12-7-3-2-5(13(16)17)4-6(7)8(9(12)11)10(14)15/h2-4H,1H3,(H,14,15). The summed E-state index contributed by atoms with van der Waals surface area (Å²) >= 11 is 5.88. The van der Waals surface area contributed by atoms with E-state index in [1.807, 2.05) is 0 Å². The molecule has 0 unspecified atom stereocenters. The number of nitro benzene ring substituents is 1. The Hall–Kier alpha value is -2.08. The molecule has 0 saturated heterocycles. The smallest absolute Gasteiger partial charge is 0.339 e. The Morgan fingerprint density at radius 3 is 2.71 bits per heavy atom. The molecule has 0 aliphatic heterocycles. The van der Waals surface area contributed by atoms with E-state index < -0.39 is 10.9 Å². The van der Waals surface area contributed by atoms with E-state index in [2.05, 4.69) is 0 Å². The van der Waals surface area contributed by atoms with E-state index in [0.717, 1.165) is 0 Å². The molecule has 0 aliphatic rings. The van der Waals surface area contributed by atoms with Crippen molar-refractivity contribution in [2.24, 2.45) is 7.05 Å². The molecule has 17 heavy (non-hydrogen) atoms. The van der Waals surface area contributed by atoms with Crippen LogP contribution in [0.1, 0.15) is 10.4 Å². The fourth-order valence-corrected chi connectivity index (χ4v) is 1.99. The van der Waals surface area contributed by atoms with Crippen molar-refractivity contribution in [2.45, 2.75) is 0 Å². The first-order chi connectivity index (χ1) is 7.93. The van der Waals surface area contributed by atoms with Gasteiger partial charge in [0.25, 0.3) is 5.69 Å². The zero-order valence-electron chi connectivity index (χ0n) is 8.68. The topological polar surface area (TPSA) is 85.4 Å². The molecular formula is C10H7ClN2O4. The molecule has 2 aromatic rings. The van der Waals surface area contributed by atoms with Crippen molar-refractivity contribution in [3.8, 4) is 0 Å². The number of fused-ring (bicyclic) bond motifs is 1. The van der Waals surface area contributed by atoms with Gasteiger partial charge in [-0.3, -0.25) is 10.1 Å². The quantitative estimate of drug-likeness (QED) is 0.659. The molecule has 0 atom stereocenters. The monoisotopic (exact) mass is 254 g/mol. The Bertz CT molecular complexity index is 647. The highest BCUT2D eigenvalue weighted by Gasteiger charge is 2.21. The number of hydrogen-bond donors (Lipinski definition) is 1. The van der Waals surface area contributed by atoms with Gasteiger partial charge in [-0.05, 0) is 6.07 Å². The van der Waals surface area contributed by atoms with Crippen molar-refractivity contribution < 1.29 is 14.8 Å². The molecule has 1 N–H and O–H groups in total. The first-order valence-corrected chi connectivity index (χ1v) is 4.97. The maximum Gasteiger partial charge on any atom is 0.339 e. The van der Waals surface area contributed by atoms with E-state index in [4.69, 9.17) is 16.7 Å². The Kier molecular flexibility index (Phi) is 2.51. The molecule has 0 radical (unpaired) electrons. The van der Waals surface area contributed by atoms with Crippen LogP contribution in [0, 0.1) is 10.1 Å². The molecule has 1 heterocycles. The van der Waals surface area contributed by atoms with Crippen LogP contribution in [0.4, 0.5) is 5.69 Å². The lowest BCUT2D eigenvalue weighted by Crippen LogP contribution is -1.96. The third-order valence-electron chi connectivity index (χ3n) is 2.54. The minimum absolute atomic E-state index is 0.0491. The van der Waals surface area contributed by atoms with E-state index in [1.54, 1.807) is 7.05 Å². The summed E-state index contributed by atoms with van der Waals surface area (Å²) in [6, 6.07) is 4.00. The second-order valence-corrected chi connectivity index (χ2v) is 3.85. The number of benzene rings is 1. The number of hydrogen-bond acceptors (Lipinski definition) is 3. The predicted molar refractivity (Wildman–Crippen MR) is 61.5 cm³/mol. The fourth-order valence-electron chi connectivity index (χ4n) is 1.72. The Balaban J connectivity index is 2.88. The minimum atomic E-state index is -1.21. The second-order valence-electron chi connectivity index (χ2n) is 3.49. The summed E-state index contributed by atoms with van der Waals surface area (Å²) in [5, 5.41) is 20.0. The van der Waals surface area contributed by atoms with Crippen molar-refractivity contribution >= 4 is 34.2 Å². The van der Waals surface area contributed by atoms with E-state index in [1.165, 1.54) is 22.8 Å². The molecule has 7 heteroatoms. The van der Waals surface area contributed by atoms with Gasteiger partial charge in [0.15, 0.2) is 0 Å². The van der Waals surface area contributed by atoms with E-state index in [-0.39, 0.29) is 21.8 Å². The number of carboxylic acid groups (broad SMARTS) is 1. The SMILES string of the molecule is Cn1c(Cl)c(C(=O)O)c2cc([N+](=O)[O-])ccc21. The number of rotatable bonds is 2. The molecule has 0 saturated carbocycles. The molecule has 0 spiro atoms. The van der Waals surface area contributed by atoms with Gasteiger partial charge in [-0.1, -0.05) is 11.6 Å². The maximum atomic E-state index is 11.1. The van der Waals surface area contributed by atoms with Crippen LogP contribution in [0.3, 0.4) is 0 Å². The van der Waals surface area contributed by atoms with Crippen LogP contribution < -0.4 is 0 Å². The molecule has 6 nitrogen and oxygen atoms in total. The lowest BCUT2D eigenvalue weighted by atomic mass is 10.1. The molecule has 0 bridgehead atoms. The highest BCUT2D eigenvalue weighted by atomic mass is 35.5. The molecular weight excluding hydrogens is 248 g/mol. The predicted octanol–water partition coefficient (Wildman–Crippen LogP) is 2.44. The Morgan fingerprint density at radius 2 is 2.18 bits per heavy atom. The van der Waals surface area contributed by atoms with Crippen LogP contribution in [0.5, 0.6) is 0 Å². The fraction of sp³-hybridized carbons (Fsp3) is 0.100. The van der Waals surface area contributed by atoms with Gasteiger partial charge in [-0.2, -0.15) is 0 Å². The highest BCUT2D eigenvalue weighted by molar-refractivity contribution is 6.35. The number of carboxylic acids is 1. The third kappa shape index (κ3) is 1.62. The summed E-state index contributed by atoms with van der Waals surface area (Å²) in [5.74, 6) is -1.21. The van der Waals surface area contributed by atoms with Gasteiger partial charge in [-0.25, -0.2) is 4.79 Å². The Labute approximate surface area is 100 Å². The molecule has 0 amide bonds. The van der Waals surface area contributed by atoms with Crippen molar-refractivity contribution in [2.75, 3.05) is 0 Å². The summed E-state index contributed by atoms with van der Waals surface area (Å²) in [7, 11) is 1.60. The normalized spacial score (nSPS) is 10.7. The van der Waals surface area contributed by atoms with Crippen molar-refractivity contribution in [1.29, 1.82) is 0 Å². The number of aryl methyl sites for hydroxylation is 1. The number of halogens is 1.